The zero-order valence-corrected chi connectivity index (χ0v) is 11.6. The van der Waals surface area contributed by atoms with Crippen molar-refractivity contribution in [2.75, 3.05) is 12.9 Å². The molecule has 4 nitrogen and oxygen atoms in total. The molecule has 0 fully saturated rings. The van der Waals surface area contributed by atoms with E-state index in [0.717, 1.165) is 22.3 Å². The van der Waals surface area contributed by atoms with Gasteiger partial charge in [0.25, 0.3) is 0 Å². The highest BCUT2D eigenvalue weighted by Gasteiger charge is 2.11. The molecule has 0 aliphatic heterocycles. The third kappa shape index (κ3) is 2.85. The summed E-state index contributed by atoms with van der Waals surface area (Å²) in [4.78, 5) is 0. The molecule has 0 radical (unpaired) electrons. The minimum absolute atomic E-state index is 0.623. The summed E-state index contributed by atoms with van der Waals surface area (Å²) in [7, 11) is 1.67. The van der Waals surface area contributed by atoms with Crippen molar-refractivity contribution < 1.29 is 4.74 Å². The highest BCUT2D eigenvalue weighted by molar-refractivity contribution is 7.99. The Bertz CT molecular complexity index is 510. The molecule has 1 aromatic carbocycles. The first-order chi connectivity index (χ1) is 8.72. The number of hydrogen-bond acceptors (Lipinski definition) is 4. The lowest BCUT2D eigenvalue weighted by Crippen LogP contribution is -2.00. The zero-order valence-electron chi connectivity index (χ0n) is 10.8. The fourth-order valence-electron chi connectivity index (χ4n) is 1.56. The maximum absolute atomic E-state index is 5.36. The lowest BCUT2D eigenvalue weighted by atomic mass is 10.3. The Morgan fingerprint density at radius 2 is 2.11 bits per heavy atom. The Hall–Kier alpha value is -1.49. The molecule has 0 amide bonds. The molecule has 2 aromatic rings. The summed E-state index contributed by atoms with van der Waals surface area (Å²) in [5.74, 6) is 2.47. The lowest BCUT2D eigenvalue weighted by molar-refractivity contribution is 0.412. The molecule has 0 aliphatic rings. The second-order valence-electron chi connectivity index (χ2n) is 4.36. The highest BCUT2D eigenvalue weighted by Crippen LogP contribution is 2.27. The van der Waals surface area contributed by atoms with Gasteiger partial charge in [-0.05, 0) is 18.1 Å². The monoisotopic (exact) mass is 263 g/mol. The van der Waals surface area contributed by atoms with Gasteiger partial charge in [0.15, 0.2) is 5.16 Å². The molecule has 1 aromatic heterocycles. The van der Waals surface area contributed by atoms with Gasteiger partial charge < -0.3 is 4.74 Å². The van der Waals surface area contributed by atoms with Crippen LogP contribution in [0.25, 0.3) is 5.69 Å². The van der Waals surface area contributed by atoms with Crippen molar-refractivity contribution in [2.45, 2.75) is 19.0 Å². The maximum Gasteiger partial charge on any atom is 0.195 e. The van der Waals surface area contributed by atoms with Gasteiger partial charge in [-0.25, -0.2) is 0 Å². The molecule has 1 heterocycles. The molecule has 2 rings (SSSR count). The number of methoxy groups -OCH3 is 1. The lowest BCUT2D eigenvalue weighted by Gasteiger charge is -2.11. The summed E-state index contributed by atoms with van der Waals surface area (Å²) in [5.41, 5.74) is 0.969. The predicted octanol–water partition coefficient (Wildman–Crippen LogP) is 3.02. The van der Waals surface area contributed by atoms with Crippen LogP contribution in [0.1, 0.15) is 13.8 Å². The molecule has 0 saturated heterocycles. The first-order valence-electron chi connectivity index (χ1n) is 5.88. The molecular weight excluding hydrogens is 246 g/mol. The average molecular weight is 263 g/mol. The number of para-hydroxylation sites is 2. The third-order valence-electron chi connectivity index (χ3n) is 2.41. The second kappa shape index (κ2) is 5.91. The van der Waals surface area contributed by atoms with E-state index < -0.39 is 0 Å². The second-order valence-corrected chi connectivity index (χ2v) is 5.35. The number of ether oxygens (including phenoxy) is 1. The van der Waals surface area contributed by atoms with Crippen molar-refractivity contribution in [2.24, 2.45) is 5.92 Å². The van der Waals surface area contributed by atoms with Gasteiger partial charge in [0, 0.05) is 5.75 Å². The zero-order chi connectivity index (χ0) is 13.0. The smallest absolute Gasteiger partial charge is 0.195 e. The Morgan fingerprint density at radius 3 is 2.83 bits per heavy atom. The van der Waals surface area contributed by atoms with Crippen molar-refractivity contribution in [1.29, 1.82) is 0 Å². The van der Waals surface area contributed by atoms with E-state index in [1.54, 1.807) is 25.2 Å². The molecule has 0 atom stereocenters. The van der Waals surface area contributed by atoms with Gasteiger partial charge in [-0.1, -0.05) is 37.7 Å². The molecule has 0 aliphatic carbocycles. The maximum atomic E-state index is 5.36. The van der Waals surface area contributed by atoms with Crippen molar-refractivity contribution in [3.8, 4) is 11.4 Å². The van der Waals surface area contributed by atoms with E-state index in [4.69, 9.17) is 4.74 Å². The van der Waals surface area contributed by atoms with Gasteiger partial charge in [-0.2, -0.15) is 0 Å². The Morgan fingerprint density at radius 1 is 1.33 bits per heavy atom. The Balaban J connectivity index is 2.30. The minimum atomic E-state index is 0.623. The number of rotatable bonds is 5. The van der Waals surface area contributed by atoms with Gasteiger partial charge in [0.1, 0.15) is 12.1 Å². The molecule has 0 N–H and O–H groups in total. The van der Waals surface area contributed by atoms with E-state index >= 15 is 0 Å². The third-order valence-corrected chi connectivity index (χ3v) is 3.78. The molecule has 5 heteroatoms. The summed E-state index contributed by atoms with van der Waals surface area (Å²) in [6.45, 7) is 4.38. The van der Waals surface area contributed by atoms with Crippen LogP contribution < -0.4 is 4.74 Å². The summed E-state index contributed by atoms with van der Waals surface area (Å²) in [6, 6.07) is 7.87. The van der Waals surface area contributed by atoms with Gasteiger partial charge in [-0.3, -0.25) is 4.57 Å². The van der Waals surface area contributed by atoms with E-state index in [2.05, 4.69) is 24.0 Å². The number of hydrogen-bond donors (Lipinski definition) is 0. The average Bonchev–Trinajstić information content (AvgIpc) is 2.84. The Labute approximate surface area is 111 Å². The molecule has 0 unspecified atom stereocenters. The fourth-order valence-corrected chi connectivity index (χ4v) is 2.43. The summed E-state index contributed by atoms with van der Waals surface area (Å²) in [6.07, 6.45) is 1.72. The van der Waals surface area contributed by atoms with Crippen LogP contribution in [0.5, 0.6) is 5.75 Å². The van der Waals surface area contributed by atoms with Crippen LogP contribution in [0.2, 0.25) is 0 Å². The van der Waals surface area contributed by atoms with Crippen LogP contribution in [0, 0.1) is 5.92 Å². The molecule has 0 spiro atoms. The fraction of sp³-hybridized carbons (Fsp3) is 0.385. The standard InChI is InChI=1S/C13H17N3OS/c1-10(2)8-18-13-15-14-9-16(13)11-6-4-5-7-12(11)17-3/h4-7,9-10H,8H2,1-3H3. The number of nitrogens with zero attached hydrogens (tertiary/aromatic N) is 3. The highest BCUT2D eigenvalue weighted by atomic mass is 32.2. The topological polar surface area (TPSA) is 39.9 Å². The van der Waals surface area contributed by atoms with E-state index in [1.165, 1.54) is 0 Å². The van der Waals surface area contributed by atoms with Gasteiger partial charge in [0.2, 0.25) is 0 Å². The van der Waals surface area contributed by atoms with Crippen molar-refractivity contribution in [1.82, 2.24) is 14.8 Å². The van der Waals surface area contributed by atoms with Crippen LogP contribution in [-0.4, -0.2) is 27.6 Å². The quantitative estimate of drug-likeness (QED) is 0.777. The summed E-state index contributed by atoms with van der Waals surface area (Å²) in [5, 5.41) is 9.05. The number of aromatic nitrogens is 3. The summed E-state index contributed by atoms with van der Waals surface area (Å²) < 4.78 is 7.33. The molecule has 0 bridgehead atoms. The van der Waals surface area contributed by atoms with Crippen LogP contribution >= 0.6 is 11.8 Å². The van der Waals surface area contributed by atoms with Crippen molar-refractivity contribution in [3.63, 3.8) is 0 Å². The van der Waals surface area contributed by atoms with Gasteiger partial charge in [0.05, 0.1) is 12.8 Å². The van der Waals surface area contributed by atoms with E-state index in [0.29, 0.717) is 5.92 Å². The molecule has 18 heavy (non-hydrogen) atoms. The molecule has 96 valence electrons. The van der Waals surface area contributed by atoms with Crippen LogP contribution in [0.15, 0.2) is 35.7 Å². The van der Waals surface area contributed by atoms with Crippen molar-refractivity contribution >= 4 is 11.8 Å². The van der Waals surface area contributed by atoms with Gasteiger partial charge in [-0.15, -0.1) is 10.2 Å². The minimum Gasteiger partial charge on any atom is -0.495 e. The largest absolute Gasteiger partial charge is 0.495 e. The normalized spacial score (nSPS) is 10.9. The van der Waals surface area contributed by atoms with Crippen molar-refractivity contribution in [3.05, 3.63) is 30.6 Å². The van der Waals surface area contributed by atoms with Crippen LogP contribution in [-0.2, 0) is 0 Å². The van der Waals surface area contributed by atoms with Crippen LogP contribution in [0.3, 0.4) is 0 Å². The predicted molar refractivity (Wildman–Crippen MR) is 73.5 cm³/mol. The molecular formula is C13H17N3OS. The van der Waals surface area contributed by atoms with E-state index in [-0.39, 0.29) is 0 Å². The number of thioether (sulfide) groups is 1. The van der Waals surface area contributed by atoms with E-state index in [1.807, 2.05) is 28.8 Å². The van der Waals surface area contributed by atoms with E-state index in [9.17, 15) is 0 Å². The first-order valence-corrected chi connectivity index (χ1v) is 6.87. The Kier molecular flexibility index (Phi) is 4.25. The van der Waals surface area contributed by atoms with Gasteiger partial charge >= 0.3 is 0 Å². The molecule has 0 saturated carbocycles. The van der Waals surface area contributed by atoms with Crippen LogP contribution in [0.4, 0.5) is 0 Å². The summed E-state index contributed by atoms with van der Waals surface area (Å²) >= 11 is 1.71. The first kappa shape index (κ1) is 13.0. The SMILES string of the molecule is COc1ccccc1-n1cnnc1SCC(C)C. The number of benzene rings is 1.